The minimum absolute atomic E-state index is 0.0493. The molecule has 0 aliphatic heterocycles. The minimum atomic E-state index is -0.484. The molecule has 126 valence electrons. The first-order valence-electron chi connectivity index (χ1n) is 7.75. The molecule has 0 radical (unpaired) electrons. The Bertz CT molecular complexity index is 1310. The van der Waals surface area contributed by atoms with Gasteiger partial charge in [-0.15, -0.1) is 0 Å². The van der Waals surface area contributed by atoms with Crippen LogP contribution < -0.4 is 5.55 Å². The largest absolute Gasteiger partial charge is 0.437 e. The first-order valence-corrected chi connectivity index (χ1v) is 7.75. The summed E-state index contributed by atoms with van der Waals surface area (Å²) in [6, 6.07) is 13.7. The Morgan fingerprint density at radius 1 is 1.23 bits per heavy atom. The Balaban J connectivity index is 2.18. The second kappa shape index (κ2) is 5.57. The third-order valence-corrected chi connectivity index (χ3v) is 4.43. The lowest BCUT2D eigenvalue weighted by atomic mass is 9.96. The average Bonchev–Trinajstić information content (AvgIpc) is 3.02. The van der Waals surface area contributed by atoms with Crippen molar-refractivity contribution in [1.29, 1.82) is 10.7 Å². The van der Waals surface area contributed by atoms with E-state index in [9.17, 15) is 15.4 Å². The molecule has 2 heterocycles. The monoisotopic (exact) mass is 344 g/mol. The highest BCUT2D eigenvalue weighted by atomic mass is 16.6. The summed E-state index contributed by atoms with van der Waals surface area (Å²) in [5.41, 5.74) is 2.08. The molecule has 0 bridgehead atoms. The quantitative estimate of drug-likeness (QED) is 0.440. The van der Waals surface area contributed by atoms with Gasteiger partial charge < -0.3 is 8.98 Å². The molecule has 0 amide bonds. The fourth-order valence-electron chi connectivity index (χ4n) is 3.21. The molecule has 2 aromatic heterocycles. The molecule has 0 saturated carbocycles. The van der Waals surface area contributed by atoms with Crippen LogP contribution in [0.4, 0.5) is 5.69 Å². The van der Waals surface area contributed by atoms with Crippen LogP contribution in [0.2, 0.25) is 0 Å². The predicted octanol–water partition coefficient (Wildman–Crippen LogP) is 3.85. The van der Waals surface area contributed by atoms with E-state index < -0.39 is 4.92 Å². The Morgan fingerprint density at radius 3 is 2.77 bits per heavy atom. The van der Waals surface area contributed by atoms with E-state index in [4.69, 9.17) is 9.83 Å². The first-order chi connectivity index (χ1) is 12.5. The number of hydrogen-bond acceptors (Lipinski definition) is 5. The maximum absolute atomic E-state index is 11.1. The number of nitro groups is 1. The van der Waals surface area contributed by atoms with Crippen molar-refractivity contribution in [3.63, 3.8) is 0 Å². The number of aryl methyl sites for hydroxylation is 1. The van der Waals surface area contributed by atoms with Gasteiger partial charge in [0.15, 0.2) is 0 Å². The van der Waals surface area contributed by atoms with Gasteiger partial charge in [0.1, 0.15) is 17.2 Å². The second-order valence-corrected chi connectivity index (χ2v) is 5.90. The van der Waals surface area contributed by atoms with E-state index in [-0.39, 0.29) is 16.8 Å². The van der Waals surface area contributed by atoms with E-state index in [1.165, 1.54) is 12.1 Å². The van der Waals surface area contributed by atoms with Gasteiger partial charge >= 0.3 is 0 Å². The standard InChI is InChI=1S/C19H12N4O3/c1-22-8-7-13-16(22)6-5-14-17(15(10-20)19(21)26-18(13)14)11-3-2-4-12(9-11)23(24)25/h2-9,21H,1H3. The summed E-state index contributed by atoms with van der Waals surface area (Å²) in [6.07, 6.45) is 1.88. The molecular formula is C19H12N4O3. The Labute approximate surface area is 147 Å². The molecule has 0 atom stereocenters. The molecule has 2 aromatic carbocycles. The number of fused-ring (bicyclic) bond motifs is 3. The van der Waals surface area contributed by atoms with Crippen LogP contribution in [0.1, 0.15) is 5.56 Å². The van der Waals surface area contributed by atoms with E-state index in [2.05, 4.69) is 0 Å². The maximum Gasteiger partial charge on any atom is 0.270 e. The van der Waals surface area contributed by atoms with Crippen LogP contribution >= 0.6 is 0 Å². The predicted molar refractivity (Wildman–Crippen MR) is 95.4 cm³/mol. The van der Waals surface area contributed by atoms with Gasteiger partial charge in [-0.3, -0.25) is 15.5 Å². The summed E-state index contributed by atoms with van der Waals surface area (Å²) in [5, 5.41) is 30.3. The molecule has 0 fully saturated rings. The van der Waals surface area contributed by atoms with Crippen LogP contribution in [0.25, 0.3) is 33.0 Å². The highest BCUT2D eigenvalue weighted by Crippen LogP contribution is 2.35. The number of nitriles is 1. The van der Waals surface area contributed by atoms with Gasteiger partial charge in [-0.25, -0.2) is 0 Å². The summed E-state index contributed by atoms with van der Waals surface area (Å²) < 4.78 is 7.58. The van der Waals surface area contributed by atoms with Gasteiger partial charge in [0.25, 0.3) is 5.69 Å². The van der Waals surface area contributed by atoms with Crippen molar-refractivity contribution in [3.8, 4) is 17.2 Å². The van der Waals surface area contributed by atoms with E-state index >= 15 is 0 Å². The Kier molecular flexibility index (Phi) is 3.34. The van der Waals surface area contributed by atoms with E-state index in [1.807, 2.05) is 42.1 Å². The van der Waals surface area contributed by atoms with Gasteiger partial charge in [0, 0.05) is 41.7 Å². The van der Waals surface area contributed by atoms with Crippen molar-refractivity contribution in [1.82, 2.24) is 4.57 Å². The molecular weight excluding hydrogens is 332 g/mol. The summed E-state index contributed by atoms with van der Waals surface area (Å²) in [5.74, 6) is 0. The summed E-state index contributed by atoms with van der Waals surface area (Å²) in [6.45, 7) is 0. The summed E-state index contributed by atoms with van der Waals surface area (Å²) in [4.78, 5) is 10.6. The second-order valence-electron chi connectivity index (χ2n) is 5.90. The van der Waals surface area contributed by atoms with Gasteiger partial charge in [0.2, 0.25) is 5.55 Å². The van der Waals surface area contributed by atoms with Crippen molar-refractivity contribution in [3.05, 3.63) is 69.9 Å². The van der Waals surface area contributed by atoms with Crippen molar-refractivity contribution < 1.29 is 9.34 Å². The number of benzene rings is 2. The SMILES string of the molecule is Cn1ccc2c3oc(=N)c(C#N)c(-c4cccc([N+](=O)[O-])c4)c3ccc21. The fourth-order valence-corrected chi connectivity index (χ4v) is 3.21. The van der Waals surface area contributed by atoms with Crippen molar-refractivity contribution >= 4 is 27.6 Å². The summed E-state index contributed by atoms with van der Waals surface area (Å²) >= 11 is 0. The van der Waals surface area contributed by atoms with Crippen LogP contribution in [-0.4, -0.2) is 9.49 Å². The maximum atomic E-state index is 11.1. The Morgan fingerprint density at radius 2 is 2.04 bits per heavy atom. The fraction of sp³-hybridized carbons (Fsp3) is 0.0526. The van der Waals surface area contributed by atoms with E-state index in [0.717, 1.165) is 10.9 Å². The van der Waals surface area contributed by atoms with Crippen molar-refractivity contribution in [2.24, 2.45) is 7.05 Å². The van der Waals surface area contributed by atoms with Crippen LogP contribution in [0.15, 0.2) is 53.1 Å². The number of rotatable bonds is 2. The Hall–Kier alpha value is -3.92. The number of nitro benzene ring substituents is 1. The molecule has 0 unspecified atom stereocenters. The molecule has 1 N–H and O–H groups in total. The number of hydrogen-bond donors (Lipinski definition) is 1. The molecule has 0 spiro atoms. The highest BCUT2D eigenvalue weighted by molar-refractivity contribution is 6.09. The van der Waals surface area contributed by atoms with Crippen LogP contribution in [0.3, 0.4) is 0 Å². The number of non-ortho nitro benzene ring substituents is 1. The highest BCUT2D eigenvalue weighted by Gasteiger charge is 2.18. The van der Waals surface area contributed by atoms with E-state index in [1.54, 1.807) is 12.1 Å². The number of aromatic nitrogens is 1. The molecule has 7 nitrogen and oxygen atoms in total. The van der Waals surface area contributed by atoms with Crippen LogP contribution in [-0.2, 0) is 7.05 Å². The zero-order valence-corrected chi connectivity index (χ0v) is 13.7. The molecule has 0 aliphatic carbocycles. The lowest BCUT2D eigenvalue weighted by Gasteiger charge is -2.10. The zero-order chi connectivity index (χ0) is 18.4. The third kappa shape index (κ3) is 2.17. The molecule has 0 saturated heterocycles. The first kappa shape index (κ1) is 15.6. The third-order valence-electron chi connectivity index (χ3n) is 4.43. The van der Waals surface area contributed by atoms with Crippen LogP contribution in [0.5, 0.6) is 0 Å². The molecule has 0 aliphatic rings. The van der Waals surface area contributed by atoms with E-state index in [0.29, 0.717) is 22.1 Å². The summed E-state index contributed by atoms with van der Waals surface area (Å²) in [7, 11) is 1.90. The van der Waals surface area contributed by atoms with Gasteiger partial charge in [-0.05, 0) is 23.8 Å². The zero-order valence-electron chi connectivity index (χ0n) is 13.7. The van der Waals surface area contributed by atoms with Crippen LogP contribution in [0, 0.1) is 26.9 Å². The number of nitrogens with zero attached hydrogens (tertiary/aromatic N) is 3. The van der Waals surface area contributed by atoms with Crippen molar-refractivity contribution in [2.45, 2.75) is 0 Å². The minimum Gasteiger partial charge on any atom is -0.437 e. The van der Waals surface area contributed by atoms with Gasteiger partial charge in [-0.2, -0.15) is 5.26 Å². The van der Waals surface area contributed by atoms with Gasteiger partial charge in [-0.1, -0.05) is 12.1 Å². The van der Waals surface area contributed by atoms with Gasteiger partial charge in [0.05, 0.1) is 10.4 Å². The molecule has 26 heavy (non-hydrogen) atoms. The topological polar surface area (TPSA) is 109 Å². The number of nitrogens with one attached hydrogen (secondary N) is 1. The molecule has 7 heteroatoms. The molecule has 4 rings (SSSR count). The lowest BCUT2D eigenvalue weighted by Crippen LogP contribution is -2.07. The average molecular weight is 344 g/mol. The normalized spacial score (nSPS) is 10.9. The lowest BCUT2D eigenvalue weighted by molar-refractivity contribution is -0.384. The molecule has 4 aromatic rings. The van der Waals surface area contributed by atoms with Crippen molar-refractivity contribution in [2.75, 3.05) is 0 Å². The smallest absolute Gasteiger partial charge is 0.270 e.